The highest BCUT2D eigenvalue weighted by molar-refractivity contribution is 7.96. The predicted octanol–water partition coefficient (Wildman–Crippen LogP) is 3.91. The van der Waals surface area contributed by atoms with Crippen molar-refractivity contribution in [2.24, 2.45) is 0 Å². The second kappa shape index (κ2) is 6.86. The molecule has 3 aromatic rings. The van der Waals surface area contributed by atoms with E-state index in [1.807, 2.05) is 0 Å². The summed E-state index contributed by atoms with van der Waals surface area (Å²) in [6.07, 6.45) is 2.57. The van der Waals surface area contributed by atoms with Gasteiger partial charge in [-0.25, -0.2) is 0 Å². The zero-order valence-corrected chi connectivity index (χ0v) is 15.0. The van der Waals surface area contributed by atoms with Gasteiger partial charge >= 0.3 is 0 Å². The number of Topliss-reactive ketones (excluding diaryl/α,β-unsaturated/α-hetero) is 1. The maximum absolute atomic E-state index is 12.9. The summed E-state index contributed by atoms with van der Waals surface area (Å²) in [5.74, 6) is 0.352. The van der Waals surface area contributed by atoms with E-state index in [-0.39, 0.29) is 0 Å². The van der Waals surface area contributed by atoms with Crippen LogP contribution in [0, 0.1) is 0 Å². The van der Waals surface area contributed by atoms with Crippen LogP contribution in [0.3, 0.4) is 0 Å². The molecule has 0 spiro atoms. The highest BCUT2D eigenvalue weighted by atomic mass is 31.2. The quantitative estimate of drug-likeness (QED) is 0.659. The van der Waals surface area contributed by atoms with Gasteiger partial charge in [0, 0.05) is 11.7 Å². The van der Waals surface area contributed by atoms with Crippen molar-refractivity contribution in [1.29, 1.82) is 0 Å². The first kappa shape index (κ1) is 16.1. The Labute approximate surface area is 149 Å². The summed E-state index contributed by atoms with van der Waals surface area (Å²) < 4.78 is 0. The molecule has 1 aliphatic rings. The van der Waals surface area contributed by atoms with Gasteiger partial charge in [-0.15, -0.1) is 0 Å². The molecule has 0 aromatic heterocycles. The van der Waals surface area contributed by atoms with Gasteiger partial charge in [-0.3, -0.25) is 4.79 Å². The summed E-state index contributed by atoms with van der Waals surface area (Å²) in [7, 11) is 0. The normalized spacial score (nSPS) is 14.7. The van der Waals surface area contributed by atoms with Crippen molar-refractivity contribution >= 4 is 33.9 Å². The minimum Gasteiger partial charge on any atom is -0.294 e. The van der Waals surface area contributed by atoms with Gasteiger partial charge in [-0.2, -0.15) is 0 Å². The third kappa shape index (κ3) is 2.69. The lowest BCUT2D eigenvalue weighted by Gasteiger charge is -2.31. The topological polar surface area (TPSA) is 17.1 Å². The molecule has 1 saturated carbocycles. The van der Waals surface area contributed by atoms with Gasteiger partial charge < -0.3 is 0 Å². The monoisotopic (exact) mass is 344 g/mol. The average Bonchev–Trinajstić information content (AvgIpc) is 3.12. The Kier molecular flexibility index (Phi) is 4.42. The second-order valence-corrected chi connectivity index (χ2v) is 9.83. The van der Waals surface area contributed by atoms with E-state index in [1.54, 1.807) is 0 Å². The molecular weight excluding hydrogens is 323 g/mol. The molecular formula is C23H21OP. The molecule has 1 aliphatic carbocycles. The van der Waals surface area contributed by atoms with Crippen LogP contribution in [0.5, 0.6) is 0 Å². The first-order valence-electron chi connectivity index (χ1n) is 8.79. The van der Waals surface area contributed by atoms with Gasteiger partial charge in [0.1, 0.15) is 0 Å². The minimum atomic E-state index is -2.09. The molecule has 3 aromatic carbocycles. The second-order valence-electron chi connectivity index (χ2n) is 6.40. The molecule has 0 bridgehead atoms. The van der Waals surface area contributed by atoms with Gasteiger partial charge in [0.25, 0.3) is 0 Å². The van der Waals surface area contributed by atoms with Crippen molar-refractivity contribution in [2.75, 3.05) is 0 Å². The zero-order valence-electron chi connectivity index (χ0n) is 14.1. The van der Waals surface area contributed by atoms with Gasteiger partial charge in [0.05, 0.1) is 0 Å². The first-order chi connectivity index (χ1) is 12.3. The lowest BCUT2D eigenvalue weighted by atomic mass is 10.3. The summed E-state index contributed by atoms with van der Waals surface area (Å²) in [4.78, 5) is 12.9. The Morgan fingerprint density at radius 2 is 0.960 bits per heavy atom. The van der Waals surface area contributed by atoms with E-state index < -0.39 is 6.89 Å². The first-order valence-corrected chi connectivity index (χ1v) is 10.6. The molecule has 1 fully saturated rings. The Bertz CT molecular complexity index is 824. The maximum Gasteiger partial charge on any atom is 0.159 e. The van der Waals surface area contributed by atoms with Crippen LogP contribution in [0.15, 0.2) is 91.0 Å². The van der Waals surface area contributed by atoms with Crippen LogP contribution in [-0.2, 0) is 4.79 Å². The molecule has 1 nitrogen and oxygen atoms in total. The van der Waals surface area contributed by atoms with Crippen LogP contribution in [0.2, 0.25) is 0 Å². The number of hydrogen-bond donors (Lipinski definition) is 0. The molecule has 0 N–H and O–H groups in total. The fourth-order valence-corrected chi connectivity index (χ4v) is 8.59. The highest BCUT2D eigenvalue weighted by Gasteiger charge is 2.34. The molecule has 25 heavy (non-hydrogen) atoms. The molecule has 0 atom stereocenters. The van der Waals surface area contributed by atoms with E-state index in [0.717, 1.165) is 18.1 Å². The van der Waals surface area contributed by atoms with Gasteiger partial charge in [0.15, 0.2) is 5.78 Å². The molecule has 4 rings (SSSR count). The molecule has 124 valence electrons. The molecule has 2 heteroatoms. The minimum absolute atomic E-state index is 0.352. The standard InChI is InChI=1S/C23H21OP/c24-22-17-10-18-23(22)25(19-11-4-1-5-12-19,20-13-6-2-7-14-20)21-15-8-3-9-16-21/h1-9,11-16H,10,17-18H2. The predicted molar refractivity (Wildman–Crippen MR) is 109 cm³/mol. The summed E-state index contributed by atoms with van der Waals surface area (Å²) in [5.41, 5.74) is 0. The van der Waals surface area contributed by atoms with Crippen LogP contribution in [0.4, 0.5) is 0 Å². The molecule has 0 aliphatic heterocycles. The van der Waals surface area contributed by atoms with E-state index in [2.05, 4.69) is 91.0 Å². The third-order valence-electron chi connectivity index (χ3n) is 4.97. The molecule has 0 heterocycles. The average molecular weight is 344 g/mol. The van der Waals surface area contributed by atoms with Crippen molar-refractivity contribution in [3.63, 3.8) is 0 Å². The zero-order chi connectivity index (χ0) is 17.1. The number of hydrogen-bond acceptors (Lipinski definition) is 1. The summed E-state index contributed by atoms with van der Waals surface area (Å²) >= 11 is 0. The Morgan fingerprint density at radius 3 is 1.28 bits per heavy atom. The van der Waals surface area contributed by atoms with Crippen LogP contribution >= 0.6 is 6.89 Å². The van der Waals surface area contributed by atoms with Crippen LogP contribution in [0.1, 0.15) is 19.3 Å². The molecule has 0 unspecified atom stereocenters. The summed E-state index contributed by atoms with van der Waals surface area (Å²) in [6.45, 7) is -2.09. The number of benzene rings is 3. The van der Waals surface area contributed by atoms with E-state index in [0.29, 0.717) is 12.2 Å². The molecule has 0 radical (unpaired) electrons. The molecule has 0 saturated heterocycles. The number of rotatable bonds is 3. The Balaban J connectivity index is 2.20. The fraction of sp³-hybridized carbons (Fsp3) is 0.130. The summed E-state index contributed by atoms with van der Waals surface area (Å²) in [6, 6.07) is 31.9. The molecule has 0 amide bonds. The number of carbonyl (C=O) groups excluding carboxylic acids is 1. The lowest BCUT2D eigenvalue weighted by Crippen LogP contribution is -2.31. The van der Waals surface area contributed by atoms with Crippen molar-refractivity contribution in [2.45, 2.75) is 19.3 Å². The Morgan fingerprint density at radius 1 is 0.560 bits per heavy atom. The van der Waals surface area contributed by atoms with Crippen LogP contribution in [0.25, 0.3) is 0 Å². The van der Waals surface area contributed by atoms with E-state index in [9.17, 15) is 4.79 Å². The SMILES string of the molecule is O=C1CCCC1=P(c1ccccc1)(c1ccccc1)c1ccccc1. The Hall–Kier alpha value is -2.37. The van der Waals surface area contributed by atoms with Gasteiger partial charge in [0.2, 0.25) is 0 Å². The van der Waals surface area contributed by atoms with Crippen molar-refractivity contribution in [1.82, 2.24) is 0 Å². The summed E-state index contributed by atoms with van der Waals surface area (Å²) in [5, 5.41) is 4.96. The van der Waals surface area contributed by atoms with Crippen LogP contribution < -0.4 is 15.9 Å². The van der Waals surface area contributed by atoms with Crippen molar-refractivity contribution in [3.8, 4) is 0 Å². The van der Waals surface area contributed by atoms with E-state index >= 15 is 0 Å². The smallest absolute Gasteiger partial charge is 0.159 e. The van der Waals surface area contributed by atoms with Crippen molar-refractivity contribution in [3.05, 3.63) is 91.0 Å². The fourth-order valence-electron chi connectivity index (χ4n) is 3.92. The number of ketones is 1. The van der Waals surface area contributed by atoms with E-state index in [4.69, 9.17) is 0 Å². The highest BCUT2D eigenvalue weighted by Crippen LogP contribution is 2.48. The lowest BCUT2D eigenvalue weighted by molar-refractivity contribution is -0.112. The number of carbonyl (C=O) groups is 1. The van der Waals surface area contributed by atoms with Gasteiger partial charge in [-0.05, 0) is 35.6 Å². The van der Waals surface area contributed by atoms with Crippen molar-refractivity contribution < 1.29 is 4.79 Å². The van der Waals surface area contributed by atoms with Gasteiger partial charge in [-0.1, -0.05) is 91.0 Å². The largest absolute Gasteiger partial charge is 0.294 e. The van der Waals surface area contributed by atoms with Crippen LogP contribution in [-0.4, -0.2) is 11.1 Å². The third-order valence-corrected chi connectivity index (χ3v) is 9.48. The van der Waals surface area contributed by atoms with E-state index in [1.165, 1.54) is 15.9 Å². The maximum atomic E-state index is 12.9.